The molecule has 0 heterocycles. The second-order valence-electron chi connectivity index (χ2n) is 7.83. The molecule has 0 aromatic heterocycles. The van der Waals surface area contributed by atoms with Crippen LogP contribution < -0.4 is 0 Å². The summed E-state index contributed by atoms with van der Waals surface area (Å²) in [6.45, 7) is 5.26. The zero-order valence-corrected chi connectivity index (χ0v) is 17.1. The molecule has 0 aromatic rings. The van der Waals surface area contributed by atoms with E-state index in [2.05, 4.69) is 13.8 Å². The lowest BCUT2D eigenvalue weighted by Crippen LogP contribution is -2.06. The van der Waals surface area contributed by atoms with Gasteiger partial charge in [-0.1, -0.05) is 90.9 Å². The summed E-state index contributed by atoms with van der Waals surface area (Å²) < 4.78 is 5.11. The fraction of sp³-hybridized carbons (Fsp3) is 0.955. The molecule has 0 unspecified atom stereocenters. The summed E-state index contributed by atoms with van der Waals surface area (Å²) in [5.74, 6) is 0.786. The molecule has 0 aliphatic rings. The van der Waals surface area contributed by atoms with Gasteiger partial charge in [-0.2, -0.15) is 0 Å². The number of rotatable bonds is 19. The van der Waals surface area contributed by atoms with E-state index < -0.39 is 0 Å². The van der Waals surface area contributed by atoms with Crippen molar-refractivity contribution in [2.24, 2.45) is 5.92 Å². The predicted molar refractivity (Wildman–Crippen MR) is 107 cm³/mol. The first-order valence-electron chi connectivity index (χ1n) is 10.9. The van der Waals surface area contributed by atoms with E-state index in [9.17, 15) is 4.79 Å². The van der Waals surface area contributed by atoms with Gasteiger partial charge in [0.05, 0.1) is 6.61 Å². The van der Waals surface area contributed by atoms with Gasteiger partial charge in [-0.15, -0.1) is 0 Å². The highest BCUT2D eigenvalue weighted by Crippen LogP contribution is 2.14. The van der Waals surface area contributed by atoms with E-state index in [1.54, 1.807) is 0 Å². The van der Waals surface area contributed by atoms with Crippen molar-refractivity contribution in [1.29, 1.82) is 0 Å². The summed E-state index contributed by atoms with van der Waals surface area (Å²) in [5.41, 5.74) is 0. The zero-order chi connectivity index (χ0) is 18.6. The molecule has 0 radical (unpaired) electrons. The van der Waals surface area contributed by atoms with Crippen molar-refractivity contribution in [2.75, 3.05) is 13.2 Å². The first kappa shape index (κ1) is 24.4. The Morgan fingerprint density at radius 2 is 1.20 bits per heavy atom. The number of aliphatic hydroxyl groups is 1. The van der Waals surface area contributed by atoms with Gasteiger partial charge in [0.25, 0.3) is 0 Å². The molecule has 0 spiro atoms. The highest BCUT2D eigenvalue weighted by atomic mass is 16.5. The number of hydrogen-bond acceptors (Lipinski definition) is 3. The minimum Gasteiger partial charge on any atom is -0.466 e. The van der Waals surface area contributed by atoms with Crippen LogP contribution in [-0.2, 0) is 9.53 Å². The number of ether oxygens (including phenoxy) is 1. The highest BCUT2D eigenvalue weighted by molar-refractivity contribution is 5.69. The lowest BCUT2D eigenvalue weighted by molar-refractivity contribution is -0.143. The second-order valence-corrected chi connectivity index (χ2v) is 7.83. The zero-order valence-electron chi connectivity index (χ0n) is 17.1. The average molecular weight is 357 g/mol. The van der Waals surface area contributed by atoms with Crippen molar-refractivity contribution in [1.82, 2.24) is 0 Å². The molecule has 0 bridgehead atoms. The number of carbonyl (C=O) groups excluding carboxylic acids is 1. The van der Waals surface area contributed by atoms with Crippen molar-refractivity contribution in [2.45, 2.75) is 117 Å². The molecule has 0 rings (SSSR count). The van der Waals surface area contributed by atoms with Crippen LogP contribution >= 0.6 is 0 Å². The van der Waals surface area contributed by atoms with E-state index in [0.717, 1.165) is 25.2 Å². The molecular weight excluding hydrogens is 312 g/mol. The Hall–Kier alpha value is -0.570. The fourth-order valence-corrected chi connectivity index (χ4v) is 3.06. The molecule has 150 valence electrons. The molecular formula is C22H44O3. The predicted octanol–water partition coefficient (Wildman–Crippen LogP) is 6.42. The van der Waals surface area contributed by atoms with Crippen LogP contribution in [0.25, 0.3) is 0 Å². The molecule has 25 heavy (non-hydrogen) atoms. The third-order valence-corrected chi connectivity index (χ3v) is 4.73. The van der Waals surface area contributed by atoms with E-state index in [0.29, 0.717) is 19.4 Å². The van der Waals surface area contributed by atoms with Gasteiger partial charge in [-0.05, 0) is 25.2 Å². The highest BCUT2D eigenvalue weighted by Gasteiger charge is 2.02. The molecule has 1 N–H and O–H groups in total. The minimum atomic E-state index is -0.0775. The van der Waals surface area contributed by atoms with Gasteiger partial charge in [0.2, 0.25) is 0 Å². The normalized spacial score (nSPS) is 11.2. The van der Waals surface area contributed by atoms with Gasteiger partial charge in [0.1, 0.15) is 0 Å². The lowest BCUT2D eigenvalue weighted by atomic mass is 10.0. The van der Waals surface area contributed by atoms with Crippen molar-refractivity contribution in [3.63, 3.8) is 0 Å². The molecule has 0 saturated carbocycles. The minimum absolute atomic E-state index is 0.0775. The number of unbranched alkanes of at least 4 members (excludes halogenated alkanes) is 12. The van der Waals surface area contributed by atoms with Gasteiger partial charge in [0, 0.05) is 13.0 Å². The maximum absolute atomic E-state index is 11.5. The first-order valence-corrected chi connectivity index (χ1v) is 10.9. The number of carbonyl (C=O) groups is 1. The number of esters is 1. The Morgan fingerprint density at radius 1 is 0.720 bits per heavy atom. The van der Waals surface area contributed by atoms with Crippen LogP contribution in [0.1, 0.15) is 117 Å². The Balaban J connectivity index is 3.10. The van der Waals surface area contributed by atoms with Crippen LogP contribution in [-0.4, -0.2) is 24.3 Å². The van der Waals surface area contributed by atoms with Crippen LogP contribution in [0.15, 0.2) is 0 Å². The average Bonchev–Trinajstić information content (AvgIpc) is 2.58. The molecule has 0 aromatic carbocycles. The van der Waals surface area contributed by atoms with E-state index in [1.165, 1.54) is 70.6 Å². The van der Waals surface area contributed by atoms with Gasteiger partial charge in [-0.25, -0.2) is 0 Å². The van der Waals surface area contributed by atoms with Crippen LogP contribution in [0.4, 0.5) is 0 Å². The topological polar surface area (TPSA) is 46.5 Å². The van der Waals surface area contributed by atoms with Crippen molar-refractivity contribution >= 4 is 5.97 Å². The Bertz CT molecular complexity index is 276. The van der Waals surface area contributed by atoms with Crippen LogP contribution in [0, 0.1) is 5.92 Å². The van der Waals surface area contributed by atoms with Crippen molar-refractivity contribution in [3.05, 3.63) is 0 Å². The molecule has 0 saturated heterocycles. The van der Waals surface area contributed by atoms with E-state index in [-0.39, 0.29) is 12.6 Å². The molecule has 3 heteroatoms. The van der Waals surface area contributed by atoms with Gasteiger partial charge in [0.15, 0.2) is 0 Å². The maximum Gasteiger partial charge on any atom is 0.305 e. The molecule has 0 aliphatic heterocycles. The van der Waals surface area contributed by atoms with Crippen molar-refractivity contribution < 1.29 is 14.6 Å². The molecule has 3 nitrogen and oxygen atoms in total. The Labute approximate surface area is 156 Å². The monoisotopic (exact) mass is 356 g/mol. The van der Waals surface area contributed by atoms with E-state index in [4.69, 9.17) is 9.84 Å². The van der Waals surface area contributed by atoms with Gasteiger partial charge in [-0.3, -0.25) is 4.79 Å². The first-order chi connectivity index (χ1) is 12.2. The lowest BCUT2D eigenvalue weighted by Gasteiger charge is -2.05. The standard InChI is InChI=1S/C22H44O3/c1-21(2)17-13-11-9-7-5-3-4-6-8-10-12-14-18-22(24)25-20-16-15-19-23/h21,23H,3-20H2,1-2H3. The van der Waals surface area contributed by atoms with Crippen LogP contribution in [0.2, 0.25) is 0 Å². The maximum atomic E-state index is 11.5. The fourth-order valence-electron chi connectivity index (χ4n) is 3.06. The quantitative estimate of drug-likeness (QED) is 0.214. The van der Waals surface area contributed by atoms with Gasteiger partial charge >= 0.3 is 5.97 Å². The summed E-state index contributed by atoms with van der Waals surface area (Å²) in [5, 5.41) is 8.64. The summed E-state index contributed by atoms with van der Waals surface area (Å²) >= 11 is 0. The largest absolute Gasteiger partial charge is 0.466 e. The van der Waals surface area contributed by atoms with E-state index in [1.807, 2.05) is 0 Å². The Morgan fingerprint density at radius 3 is 1.68 bits per heavy atom. The molecule has 0 atom stereocenters. The number of hydrogen-bond donors (Lipinski definition) is 1. The molecule has 0 fully saturated rings. The smallest absolute Gasteiger partial charge is 0.305 e. The third-order valence-electron chi connectivity index (χ3n) is 4.73. The Kier molecular flexibility index (Phi) is 19.3. The van der Waals surface area contributed by atoms with Crippen molar-refractivity contribution in [3.8, 4) is 0 Å². The van der Waals surface area contributed by atoms with E-state index >= 15 is 0 Å². The summed E-state index contributed by atoms with van der Waals surface area (Å²) in [6.07, 6.45) is 19.2. The second kappa shape index (κ2) is 19.8. The molecule has 0 amide bonds. The summed E-state index contributed by atoms with van der Waals surface area (Å²) in [4.78, 5) is 11.5. The summed E-state index contributed by atoms with van der Waals surface area (Å²) in [6, 6.07) is 0. The SMILES string of the molecule is CC(C)CCCCCCCCCCCCCCC(=O)OCCCCO. The van der Waals surface area contributed by atoms with Crippen LogP contribution in [0.3, 0.4) is 0 Å². The third kappa shape index (κ3) is 21.4. The summed E-state index contributed by atoms with van der Waals surface area (Å²) in [7, 11) is 0. The molecule has 0 aliphatic carbocycles. The van der Waals surface area contributed by atoms with Crippen LogP contribution in [0.5, 0.6) is 0 Å². The van der Waals surface area contributed by atoms with Gasteiger partial charge < -0.3 is 9.84 Å². The number of aliphatic hydroxyl groups excluding tert-OH is 1.